The van der Waals surface area contributed by atoms with Gasteiger partial charge < -0.3 is 24.3 Å². The number of halogens is 2. The second kappa shape index (κ2) is 10.2. The molecule has 3 aromatic rings. The van der Waals surface area contributed by atoms with Gasteiger partial charge in [-0.3, -0.25) is 4.79 Å². The van der Waals surface area contributed by atoms with Crippen LogP contribution in [0.4, 0.5) is 8.78 Å². The second-order valence-corrected chi connectivity index (χ2v) is 6.36. The molecule has 0 saturated carbocycles. The molecule has 7 nitrogen and oxygen atoms in total. The molecule has 0 radical (unpaired) electrons. The summed E-state index contributed by atoms with van der Waals surface area (Å²) in [7, 11) is 0. The first-order valence-corrected chi connectivity index (χ1v) is 9.17. The topological polar surface area (TPSA) is 105 Å². The Bertz CT molecular complexity index is 1040. The Morgan fingerprint density at radius 2 is 1.74 bits per heavy atom. The van der Waals surface area contributed by atoms with E-state index < -0.39 is 18.6 Å². The molecular formula is C22H18F2N2O5. The number of hydrogen-bond acceptors (Lipinski definition) is 6. The molecule has 1 amide bonds. The molecular weight excluding hydrogens is 410 g/mol. The number of nitrogens with zero attached hydrogens (tertiary/aromatic N) is 1. The largest absolute Gasteiger partial charge is 0.486 e. The van der Waals surface area contributed by atoms with Crippen molar-refractivity contribution in [2.24, 2.45) is 0 Å². The average Bonchev–Trinajstić information content (AvgIpc) is 3.25. The molecule has 0 aliphatic carbocycles. The summed E-state index contributed by atoms with van der Waals surface area (Å²) < 4.78 is 39.6. The summed E-state index contributed by atoms with van der Waals surface area (Å²) in [6.07, 6.45) is -1.04. The number of amides is 1. The van der Waals surface area contributed by atoms with Gasteiger partial charge >= 0.3 is 6.61 Å². The minimum Gasteiger partial charge on any atom is -0.486 e. The number of furan rings is 1. The fraction of sp³-hybridized carbons (Fsp3) is 0.182. The van der Waals surface area contributed by atoms with Crippen LogP contribution in [0.2, 0.25) is 0 Å². The van der Waals surface area contributed by atoms with Gasteiger partial charge in [0.2, 0.25) is 0 Å². The number of rotatable bonds is 9. The van der Waals surface area contributed by atoms with E-state index in [1.54, 1.807) is 30.3 Å². The molecule has 1 heterocycles. The standard InChI is InChI=1S/C22H18F2N2O5/c23-22(24)31-17-7-3-15(4-8-17)19(27)12-26-21(28)20-10-9-18(30-20)13-29-16-5-1-14(11-25)2-6-16/h1-10,19,22,27H,12-13H2,(H,26,28). The van der Waals surface area contributed by atoms with Crippen LogP contribution in [-0.2, 0) is 6.61 Å². The van der Waals surface area contributed by atoms with Crippen LogP contribution in [0, 0.1) is 11.3 Å². The SMILES string of the molecule is N#Cc1ccc(OCc2ccc(C(=O)NCC(O)c3ccc(OC(F)F)cc3)o2)cc1. The fourth-order valence-electron chi connectivity index (χ4n) is 2.62. The highest BCUT2D eigenvalue weighted by Crippen LogP contribution is 2.19. The fourth-order valence-corrected chi connectivity index (χ4v) is 2.62. The zero-order valence-corrected chi connectivity index (χ0v) is 16.1. The van der Waals surface area contributed by atoms with Gasteiger partial charge in [-0.1, -0.05) is 12.1 Å². The Morgan fingerprint density at radius 1 is 1.06 bits per heavy atom. The molecule has 3 rings (SSSR count). The number of benzene rings is 2. The molecule has 9 heteroatoms. The summed E-state index contributed by atoms with van der Waals surface area (Å²) in [6.45, 7) is -2.94. The van der Waals surface area contributed by atoms with E-state index in [2.05, 4.69) is 10.1 Å². The van der Waals surface area contributed by atoms with Gasteiger partial charge in [0.05, 0.1) is 17.7 Å². The first-order chi connectivity index (χ1) is 14.9. The van der Waals surface area contributed by atoms with E-state index in [-0.39, 0.29) is 24.7 Å². The van der Waals surface area contributed by atoms with Crippen molar-refractivity contribution in [2.45, 2.75) is 19.3 Å². The molecule has 0 bridgehead atoms. The number of aliphatic hydroxyl groups is 1. The summed E-state index contributed by atoms with van der Waals surface area (Å²) in [5.41, 5.74) is 0.946. The Hall–Kier alpha value is -3.90. The van der Waals surface area contributed by atoms with Crippen LogP contribution in [0.3, 0.4) is 0 Å². The van der Waals surface area contributed by atoms with Crippen molar-refractivity contribution in [2.75, 3.05) is 6.54 Å². The van der Waals surface area contributed by atoms with E-state index >= 15 is 0 Å². The lowest BCUT2D eigenvalue weighted by Crippen LogP contribution is -2.28. The van der Waals surface area contributed by atoms with Gasteiger partial charge in [0.1, 0.15) is 23.9 Å². The molecule has 0 saturated heterocycles. The Morgan fingerprint density at radius 3 is 2.39 bits per heavy atom. The molecule has 160 valence electrons. The number of carbonyl (C=O) groups is 1. The van der Waals surface area contributed by atoms with Crippen LogP contribution >= 0.6 is 0 Å². The first-order valence-electron chi connectivity index (χ1n) is 9.17. The van der Waals surface area contributed by atoms with Crippen LogP contribution in [0.25, 0.3) is 0 Å². The number of nitrogens with one attached hydrogen (secondary N) is 1. The van der Waals surface area contributed by atoms with Gasteiger partial charge in [-0.05, 0) is 54.1 Å². The summed E-state index contributed by atoms with van der Waals surface area (Å²) in [4.78, 5) is 12.2. The van der Waals surface area contributed by atoms with Crippen LogP contribution in [0.15, 0.2) is 65.1 Å². The number of nitriles is 1. The molecule has 2 aromatic carbocycles. The van der Waals surface area contributed by atoms with Crippen LogP contribution < -0.4 is 14.8 Å². The van der Waals surface area contributed by atoms with Crippen LogP contribution in [-0.4, -0.2) is 24.2 Å². The lowest BCUT2D eigenvalue weighted by Gasteiger charge is -2.12. The van der Waals surface area contributed by atoms with E-state index in [0.29, 0.717) is 22.6 Å². The Balaban J connectivity index is 1.48. The predicted octanol–water partition coefficient (Wildman–Crippen LogP) is 3.80. The van der Waals surface area contributed by atoms with E-state index in [9.17, 15) is 18.7 Å². The minimum absolute atomic E-state index is 0.0265. The first kappa shape index (κ1) is 21.8. The third kappa shape index (κ3) is 6.29. The Labute approximate surface area is 176 Å². The zero-order valence-electron chi connectivity index (χ0n) is 16.1. The van der Waals surface area contributed by atoms with Gasteiger partial charge in [-0.25, -0.2) is 0 Å². The minimum atomic E-state index is -2.93. The van der Waals surface area contributed by atoms with Gasteiger partial charge in [0.15, 0.2) is 5.76 Å². The maximum Gasteiger partial charge on any atom is 0.387 e. The lowest BCUT2D eigenvalue weighted by atomic mass is 10.1. The van der Waals surface area contributed by atoms with Gasteiger partial charge in [-0.15, -0.1) is 0 Å². The van der Waals surface area contributed by atoms with Crippen molar-refractivity contribution in [3.8, 4) is 17.6 Å². The van der Waals surface area contributed by atoms with Crippen molar-refractivity contribution < 1.29 is 32.6 Å². The summed E-state index contributed by atoms with van der Waals surface area (Å²) in [6, 6.07) is 17.1. The third-order valence-electron chi connectivity index (χ3n) is 4.20. The number of ether oxygens (including phenoxy) is 2. The summed E-state index contributed by atoms with van der Waals surface area (Å²) >= 11 is 0. The summed E-state index contributed by atoms with van der Waals surface area (Å²) in [5, 5.41) is 21.5. The molecule has 0 aliphatic rings. The maximum absolute atomic E-state index is 12.2. The molecule has 0 aliphatic heterocycles. The van der Waals surface area contributed by atoms with Crippen molar-refractivity contribution in [1.82, 2.24) is 5.32 Å². The smallest absolute Gasteiger partial charge is 0.387 e. The summed E-state index contributed by atoms with van der Waals surface area (Å²) in [5.74, 6) is 0.466. The second-order valence-electron chi connectivity index (χ2n) is 6.36. The van der Waals surface area contributed by atoms with Crippen LogP contribution in [0.5, 0.6) is 11.5 Å². The van der Waals surface area contributed by atoms with Gasteiger partial charge in [0.25, 0.3) is 5.91 Å². The number of alkyl halides is 2. The average molecular weight is 428 g/mol. The lowest BCUT2D eigenvalue weighted by molar-refractivity contribution is -0.0498. The molecule has 1 aromatic heterocycles. The van der Waals surface area contributed by atoms with E-state index in [0.717, 1.165) is 0 Å². The number of hydrogen-bond donors (Lipinski definition) is 2. The van der Waals surface area contributed by atoms with Crippen molar-refractivity contribution in [3.05, 3.63) is 83.3 Å². The third-order valence-corrected chi connectivity index (χ3v) is 4.20. The Kier molecular flexibility index (Phi) is 7.19. The zero-order chi connectivity index (χ0) is 22.2. The van der Waals surface area contributed by atoms with E-state index in [4.69, 9.17) is 14.4 Å². The highest BCUT2D eigenvalue weighted by atomic mass is 19.3. The molecule has 1 unspecified atom stereocenters. The molecule has 2 N–H and O–H groups in total. The molecule has 0 spiro atoms. The van der Waals surface area contributed by atoms with Crippen molar-refractivity contribution >= 4 is 5.91 Å². The maximum atomic E-state index is 12.2. The molecule has 1 atom stereocenters. The quantitative estimate of drug-likeness (QED) is 0.537. The van der Waals surface area contributed by atoms with E-state index in [1.165, 1.54) is 30.3 Å². The number of aliphatic hydroxyl groups excluding tert-OH is 1. The normalized spacial score (nSPS) is 11.6. The number of carbonyl (C=O) groups excluding carboxylic acids is 1. The van der Waals surface area contributed by atoms with Gasteiger partial charge in [0, 0.05) is 6.54 Å². The molecule has 31 heavy (non-hydrogen) atoms. The predicted molar refractivity (Wildman–Crippen MR) is 105 cm³/mol. The van der Waals surface area contributed by atoms with Crippen LogP contribution in [0.1, 0.15) is 33.5 Å². The van der Waals surface area contributed by atoms with Crippen molar-refractivity contribution in [3.63, 3.8) is 0 Å². The van der Waals surface area contributed by atoms with E-state index in [1.807, 2.05) is 6.07 Å². The highest BCUT2D eigenvalue weighted by molar-refractivity contribution is 5.91. The van der Waals surface area contributed by atoms with Gasteiger partial charge in [-0.2, -0.15) is 14.0 Å². The highest BCUT2D eigenvalue weighted by Gasteiger charge is 2.15. The monoisotopic (exact) mass is 428 g/mol. The molecule has 0 fully saturated rings. The van der Waals surface area contributed by atoms with Crippen molar-refractivity contribution in [1.29, 1.82) is 5.26 Å².